The summed E-state index contributed by atoms with van der Waals surface area (Å²) in [6.45, 7) is 8.36. The van der Waals surface area contributed by atoms with Gasteiger partial charge in [-0.1, -0.05) is 17.7 Å². The Kier molecular flexibility index (Phi) is 6.22. The van der Waals surface area contributed by atoms with E-state index in [4.69, 9.17) is 10.5 Å². The maximum atomic E-state index is 11.8. The molecule has 1 amide bonds. The van der Waals surface area contributed by atoms with Crippen molar-refractivity contribution in [2.45, 2.75) is 33.3 Å². The van der Waals surface area contributed by atoms with E-state index in [1.165, 1.54) is 10.5 Å². The van der Waals surface area contributed by atoms with Crippen LogP contribution >= 0.6 is 0 Å². The summed E-state index contributed by atoms with van der Waals surface area (Å²) >= 11 is 0. The maximum absolute atomic E-state index is 11.8. The van der Waals surface area contributed by atoms with Gasteiger partial charge in [0.2, 0.25) is 0 Å². The number of hydrogen-bond acceptors (Lipinski definition) is 3. The number of likely N-dealkylation sites (N-methyl/N-ethyl adjacent to an activating group) is 1. The lowest BCUT2D eigenvalue weighted by Gasteiger charge is -2.24. The van der Waals surface area contributed by atoms with Gasteiger partial charge in [0, 0.05) is 19.3 Å². The number of guanidine groups is 1. The molecule has 6 heteroatoms. The lowest BCUT2D eigenvalue weighted by Crippen LogP contribution is -2.36. The molecule has 0 aromatic heterocycles. The Morgan fingerprint density at radius 1 is 1.32 bits per heavy atom. The Balaban J connectivity index is 2.41. The Bertz CT molecular complexity index is 518. The molecule has 0 heterocycles. The molecule has 0 atom stereocenters. The van der Waals surface area contributed by atoms with Crippen molar-refractivity contribution in [1.82, 2.24) is 4.90 Å². The number of ether oxygens (including phenoxy) is 1. The molecule has 0 fully saturated rings. The van der Waals surface area contributed by atoms with Gasteiger partial charge < -0.3 is 20.7 Å². The maximum Gasteiger partial charge on any atom is 0.410 e. The van der Waals surface area contributed by atoms with Crippen LogP contribution in [0.15, 0.2) is 29.3 Å². The summed E-state index contributed by atoms with van der Waals surface area (Å²) in [5.41, 5.74) is 7.38. The highest BCUT2D eigenvalue weighted by Gasteiger charge is 2.18. The minimum atomic E-state index is -0.499. The van der Waals surface area contributed by atoms with Gasteiger partial charge in [-0.15, -0.1) is 0 Å². The van der Waals surface area contributed by atoms with Gasteiger partial charge in [0.05, 0.1) is 6.54 Å². The molecule has 1 aromatic rings. The number of amides is 1. The molecule has 0 bridgehead atoms. The van der Waals surface area contributed by atoms with Crippen LogP contribution in [0.25, 0.3) is 0 Å². The Morgan fingerprint density at radius 3 is 2.45 bits per heavy atom. The smallest absolute Gasteiger partial charge is 0.410 e. The van der Waals surface area contributed by atoms with E-state index in [-0.39, 0.29) is 6.09 Å². The van der Waals surface area contributed by atoms with E-state index in [0.29, 0.717) is 19.0 Å². The van der Waals surface area contributed by atoms with Crippen molar-refractivity contribution in [2.75, 3.05) is 25.5 Å². The Labute approximate surface area is 132 Å². The molecule has 0 aliphatic carbocycles. The van der Waals surface area contributed by atoms with Crippen molar-refractivity contribution >= 4 is 17.7 Å². The molecular formula is C16H26N4O2. The van der Waals surface area contributed by atoms with Gasteiger partial charge in [-0.25, -0.2) is 4.79 Å². The van der Waals surface area contributed by atoms with E-state index >= 15 is 0 Å². The Hall–Kier alpha value is -2.24. The monoisotopic (exact) mass is 306 g/mol. The van der Waals surface area contributed by atoms with Crippen molar-refractivity contribution in [2.24, 2.45) is 10.7 Å². The van der Waals surface area contributed by atoms with Crippen LogP contribution in [0.3, 0.4) is 0 Å². The highest BCUT2D eigenvalue weighted by atomic mass is 16.6. The number of nitrogens with one attached hydrogen (secondary N) is 1. The van der Waals surface area contributed by atoms with Gasteiger partial charge in [-0.2, -0.15) is 0 Å². The van der Waals surface area contributed by atoms with Crippen LogP contribution in [0.2, 0.25) is 0 Å². The number of hydrogen-bond donors (Lipinski definition) is 2. The van der Waals surface area contributed by atoms with E-state index in [1.54, 1.807) is 7.05 Å². The van der Waals surface area contributed by atoms with Gasteiger partial charge in [0.1, 0.15) is 5.60 Å². The van der Waals surface area contributed by atoms with Gasteiger partial charge in [-0.05, 0) is 39.8 Å². The number of nitrogens with zero attached hydrogens (tertiary/aromatic N) is 2. The van der Waals surface area contributed by atoms with Crippen molar-refractivity contribution in [3.05, 3.63) is 29.8 Å². The predicted octanol–water partition coefficient (Wildman–Crippen LogP) is 2.59. The van der Waals surface area contributed by atoms with Gasteiger partial charge >= 0.3 is 6.09 Å². The fraction of sp³-hybridized carbons (Fsp3) is 0.500. The summed E-state index contributed by atoms with van der Waals surface area (Å²) in [4.78, 5) is 17.4. The van der Waals surface area contributed by atoms with Crippen LogP contribution in [0.5, 0.6) is 0 Å². The lowest BCUT2D eigenvalue weighted by atomic mass is 10.2. The van der Waals surface area contributed by atoms with Crippen molar-refractivity contribution < 1.29 is 9.53 Å². The summed E-state index contributed by atoms with van der Waals surface area (Å²) in [6.07, 6.45) is -0.368. The van der Waals surface area contributed by atoms with Crippen LogP contribution in [0.4, 0.5) is 10.5 Å². The zero-order valence-electron chi connectivity index (χ0n) is 14.0. The first-order chi connectivity index (χ1) is 10.2. The minimum absolute atomic E-state index is 0.321. The number of rotatable bonds is 4. The molecule has 6 nitrogen and oxygen atoms in total. The highest BCUT2D eigenvalue weighted by molar-refractivity contribution is 5.92. The zero-order valence-corrected chi connectivity index (χ0v) is 14.0. The summed E-state index contributed by atoms with van der Waals surface area (Å²) < 4.78 is 5.26. The van der Waals surface area contributed by atoms with Crippen LogP contribution in [0, 0.1) is 6.92 Å². The average Bonchev–Trinajstić information content (AvgIpc) is 2.39. The number of carbonyl (C=O) groups is 1. The lowest BCUT2D eigenvalue weighted by molar-refractivity contribution is 0.0304. The molecular weight excluding hydrogens is 280 g/mol. The number of aryl methyl sites for hydroxylation is 1. The predicted molar refractivity (Wildman–Crippen MR) is 90.2 cm³/mol. The molecule has 1 aromatic carbocycles. The third-order valence-electron chi connectivity index (χ3n) is 2.75. The van der Waals surface area contributed by atoms with Crippen LogP contribution in [-0.2, 0) is 4.74 Å². The summed E-state index contributed by atoms with van der Waals surface area (Å²) in [5, 5.41) is 3.00. The zero-order chi connectivity index (χ0) is 16.8. The van der Waals surface area contributed by atoms with E-state index in [1.807, 2.05) is 52.0 Å². The quantitative estimate of drug-likeness (QED) is 0.662. The van der Waals surface area contributed by atoms with Gasteiger partial charge in [-0.3, -0.25) is 4.99 Å². The first kappa shape index (κ1) is 17.8. The fourth-order valence-electron chi connectivity index (χ4n) is 1.58. The Morgan fingerprint density at radius 2 is 1.91 bits per heavy atom. The number of nitrogens with two attached hydrogens (primary N) is 1. The third-order valence-corrected chi connectivity index (χ3v) is 2.75. The number of benzene rings is 1. The van der Waals surface area contributed by atoms with Gasteiger partial charge in [0.15, 0.2) is 5.96 Å². The van der Waals surface area contributed by atoms with Crippen molar-refractivity contribution in [3.8, 4) is 0 Å². The van der Waals surface area contributed by atoms with E-state index in [0.717, 1.165) is 5.69 Å². The minimum Gasteiger partial charge on any atom is -0.444 e. The molecule has 0 radical (unpaired) electrons. The molecule has 0 spiro atoms. The summed E-state index contributed by atoms with van der Waals surface area (Å²) in [6, 6.07) is 7.85. The molecule has 0 saturated heterocycles. The SMILES string of the molecule is Cc1ccc(NC(N)=NCCN(C)C(=O)OC(C)(C)C)cc1. The number of carbonyl (C=O) groups excluding carboxylic acids is 1. The summed E-state index contributed by atoms with van der Waals surface area (Å²) in [5.74, 6) is 0.321. The third kappa shape index (κ3) is 6.97. The topological polar surface area (TPSA) is 80.0 Å². The molecule has 0 unspecified atom stereocenters. The molecule has 3 N–H and O–H groups in total. The molecule has 122 valence electrons. The molecule has 0 aliphatic rings. The first-order valence-corrected chi connectivity index (χ1v) is 7.25. The number of aliphatic imine (C=N–C) groups is 1. The van der Waals surface area contributed by atoms with Crippen molar-refractivity contribution in [3.63, 3.8) is 0 Å². The highest BCUT2D eigenvalue weighted by Crippen LogP contribution is 2.09. The van der Waals surface area contributed by atoms with Crippen LogP contribution < -0.4 is 11.1 Å². The van der Waals surface area contributed by atoms with Crippen molar-refractivity contribution in [1.29, 1.82) is 0 Å². The van der Waals surface area contributed by atoms with Crippen LogP contribution in [-0.4, -0.2) is 42.7 Å². The normalized spacial score (nSPS) is 12.0. The van der Waals surface area contributed by atoms with Gasteiger partial charge in [0.25, 0.3) is 0 Å². The standard InChI is InChI=1S/C16H26N4O2/c1-12-6-8-13(9-7-12)19-14(17)18-10-11-20(5)15(21)22-16(2,3)4/h6-9H,10-11H2,1-5H3,(H3,17,18,19). The fourth-order valence-corrected chi connectivity index (χ4v) is 1.58. The van der Waals surface area contributed by atoms with E-state index < -0.39 is 5.60 Å². The first-order valence-electron chi connectivity index (χ1n) is 7.25. The van der Waals surface area contributed by atoms with Crippen LogP contribution in [0.1, 0.15) is 26.3 Å². The second-order valence-corrected chi connectivity index (χ2v) is 6.16. The van der Waals surface area contributed by atoms with E-state index in [9.17, 15) is 4.79 Å². The summed E-state index contributed by atoms with van der Waals surface area (Å²) in [7, 11) is 1.67. The molecule has 0 saturated carbocycles. The molecule has 22 heavy (non-hydrogen) atoms. The second-order valence-electron chi connectivity index (χ2n) is 6.16. The molecule has 1 rings (SSSR count). The largest absolute Gasteiger partial charge is 0.444 e. The average molecular weight is 306 g/mol. The molecule has 0 aliphatic heterocycles. The second kappa shape index (κ2) is 7.68. The number of anilines is 1. The van der Waals surface area contributed by atoms with E-state index in [2.05, 4.69) is 10.3 Å².